The van der Waals surface area contributed by atoms with E-state index < -0.39 is 17.7 Å². The van der Waals surface area contributed by atoms with Gasteiger partial charge in [0, 0.05) is 31.9 Å². The van der Waals surface area contributed by atoms with E-state index in [4.69, 9.17) is 4.74 Å². The maximum Gasteiger partial charge on any atom is 0.295 e. The van der Waals surface area contributed by atoms with Gasteiger partial charge in [0.25, 0.3) is 11.7 Å². The summed E-state index contributed by atoms with van der Waals surface area (Å²) in [7, 11) is 5.75. The Balaban J connectivity index is 1.82. The zero-order chi connectivity index (χ0) is 22.1. The number of pyridine rings is 1. The van der Waals surface area contributed by atoms with Crippen LogP contribution in [0.3, 0.4) is 0 Å². The zero-order valence-corrected chi connectivity index (χ0v) is 17.9. The third kappa shape index (κ3) is 3.86. The number of hydrogen-bond donors (Lipinski definition) is 1. The minimum Gasteiger partial charge on any atom is -0.507 e. The van der Waals surface area contributed by atoms with Gasteiger partial charge in [0.2, 0.25) is 0 Å². The fourth-order valence-electron chi connectivity index (χ4n) is 3.92. The summed E-state index contributed by atoms with van der Waals surface area (Å²) in [4.78, 5) is 35.8. The molecule has 2 aromatic rings. The van der Waals surface area contributed by atoms with E-state index in [1.54, 1.807) is 42.6 Å². The summed E-state index contributed by atoms with van der Waals surface area (Å²) in [6.07, 6.45) is 1.62. The quantitative estimate of drug-likeness (QED) is 0.447. The van der Waals surface area contributed by atoms with Crippen LogP contribution in [0.4, 0.5) is 5.69 Å². The predicted octanol–water partition coefficient (Wildman–Crippen LogP) is 1.89. The SMILES string of the molecule is CN(C)CCN1C(=O)C(=O)/C(=C(\O)c2ccc3c(c2)N(C)CCO3)C1c1ccccn1. The summed E-state index contributed by atoms with van der Waals surface area (Å²) in [5.74, 6) is -0.812. The Morgan fingerprint density at radius 2 is 2.06 bits per heavy atom. The Kier molecular flexibility index (Phi) is 5.65. The normalized spacial score (nSPS) is 20.2. The molecule has 1 fully saturated rings. The van der Waals surface area contributed by atoms with Crippen LogP contribution in [-0.2, 0) is 9.59 Å². The molecule has 0 saturated carbocycles. The smallest absolute Gasteiger partial charge is 0.295 e. The number of nitrogens with zero attached hydrogens (tertiary/aromatic N) is 4. The summed E-state index contributed by atoms with van der Waals surface area (Å²) >= 11 is 0. The van der Waals surface area contributed by atoms with E-state index in [2.05, 4.69) is 4.98 Å². The second-order valence-corrected chi connectivity index (χ2v) is 8.00. The average molecular weight is 422 g/mol. The van der Waals surface area contributed by atoms with Crippen molar-refractivity contribution in [2.45, 2.75) is 6.04 Å². The number of benzene rings is 1. The highest BCUT2D eigenvalue weighted by atomic mass is 16.5. The molecule has 0 aliphatic carbocycles. The van der Waals surface area contributed by atoms with Gasteiger partial charge in [-0.15, -0.1) is 0 Å². The number of ether oxygens (including phenoxy) is 1. The minimum absolute atomic E-state index is 0.0572. The van der Waals surface area contributed by atoms with Crippen LogP contribution in [0.5, 0.6) is 5.75 Å². The maximum atomic E-state index is 13.0. The Bertz CT molecular complexity index is 1040. The van der Waals surface area contributed by atoms with Crippen molar-refractivity contribution < 1.29 is 19.4 Å². The van der Waals surface area contributed by atoms with Crippen LogP contribution in [0.25, 0.3) is 5.76 Å². The van der Waals surface area contributed by atoms with Crippen LogP contribution in [0.1, 0.15) is 17.3 Å². The summed E-state index contributed by atoms with van der Waals surface area (Å²) < 4.78 is 5.67. The van der Waals surface area contributed by atoms with Gasteiger partial charge in [-0.05, 0) is 44.4 Å². The number of amides is 1. The number of aliphatic hydroxyl groups is 1. The highest BCUT2D eigenvalue weighted by Gasteiger charge is 2.46. The van der Waals surface area contributed by atoms with Crippen LogP contribution >= 0.6 is 0 Å². The third-order valence-corrected chi connectivity index (χ3v) is 5.62. The summed E-state index contributed by atoms with van der Waals surface area (Å²) in [6.45, 7) is 2.24. The lowest BCUT2D eigenvalue weighted by atomic mass is 9.97. The summed E-state index contributed by atoms with van der Waals surface area (Å²) in [5, 5.41) is 11.2. The molecule has 8 nitrogen and oxygen atoms in total. The number of aliphatic hydroxyl groups excluding tert-OH is 1. The van der Waals surface area contributed by atoms with E-state index in [0.29, 0.717) is 31.0 Å². The number of aromatic nitrogens is 1. The van der Waals surface area contributed by atoms with Gasteiger partial charge in [-0.25, -0.2) is 0 Å². The van der Waals surface area contributed by atoms with Crippen LogP contribution in [0.2, 0.25) is 0 Å². The van der Waals surface area contributed by atoms with E-state index in [1.165, 1.54) is 4.90 Å². The molecular weight excluding hydrogens is 396 g/mol. The topological polar surface area (TPSA) is 86.2 Å². The number of ketones is 1. The largest absolute Gasteiger partial charge is 0.507 e. The molecule has 1 aromatic carbocycles. The standard InChI is InChI=1S/C23H26N4O4/c1-25(2)10-11-27-20(16-6-4-5-9-24-16)19(22(29)23(27)30)21(28)15-7-8-18-17(14-15)26(3)12-13-31-18/h4-9,14,20,28H,10-13H2,1-3H3/b21-19-. The molecule has 1 saturated heterocycles. The molecule has 162 valence electrons. The number of rotatable bonds is 5. The van der Waals surface area contributed by atoms with Gasteiger partial charge in [0.05, 0.1) is 23.5 Å². The number of carbonyl (C=O) groups is 2. The average Bonchev–Trinajstić information content (AvgIpc) is 3.02. The van der Waals surface area contributed by atoms with Crippen molar-refractivity contribution in [3.05, 3.63) is 59.4 Å². The molecule has 8 heteroatoms. The van der Waals surface area contributed by atoms with Gasteiger partial charge in [-0.3, -0.25) is 14.6 Å². The number of carbonyl (C=O) groups excluding carboxylic acids is 2. The van der Waals surface area contributed by atoms with E-state index in [1.807, 2.05) is 30.9 Å². The monoisotopic (exact) mass is 422 g/mol. The van der Waals surface area contributed by atoms with Crippen LogP contribution in [0.15, 0.2) is 48.2 Å². The molecule has 0 bridgehead atoms. The molecule has 2 aliphatic rings. The van der Waals surface area contributed by atoms with Crippen molar-refractivity contribution in [3.8, 4) is 5.75 Å². The first-order valence-electron chi connectivity index (χ1n) is 10.2. The summed E-state index contributed by atoms with van der Waals surface area (Å²) in [5.41, 5.74) is 1.89. The molecule has 3 heterocycles. The number of likely N-dealkylation sites (tertiary alicyclic amines) is 1. The van der Waals surface area contributed by atoms with Crippen LogP contribution < -0.4 is 9.64 Å². The lowest BCUT2D eigenvalue weighted by Gasteiger charge is -2.28. The number of anilines is 1. The molecule has 1 aromatic heterocycles. The highest BCUT2D eigenvalue weighted by Crippen LogP contribution is 2.40. The van der Waals surface area contributed by atoms with Crippen molar-refractivity contribution in [1.29, 1.82) is 0 Å². The second kappa shape index (κ2) is 8.39. The molecule has 0 spiro atoms. The lowest BCUT2D eigenvalue weighted by molar-refractivity contribution is -0.140. The highest BCUT2D eigenvalue weighted by molar-refractivity contribution is 6.46. The van der Waals surface area contributed by atoms with Crippen molar-refractivity contribution in [1.82, 2.24) is 14.8 Å². The van der Waals surface area contributed by atoms with Gasteiger partial charge >= 0.3 is 0 Å². The maximum absolute atomic E-state index is 13.0. The predicted molar refractivity (Wildman–Crippen MR) is 117 cm³/mol. The third-order valence-electron chi connectivity index (χ3n) is 5.62. The molecule has 0 radical (unpaired) electrons. The molecular formula is C23H26N4O4. The van der Waals surface area contributed by atoms with Crippen molar-refractivity contribution >= 4 is 23.1 Å². The van der Waals surface area contributed by atoms with E-state index in [-0.39, 0.29) is 11.3 Å². The Hall–Kier alpha value is -3.39. The molecule has 1 N–H and O–H groups in total. The fourth-order valence-corrected chi connectivity index (χ4v) is 3.92. The molecule has 1 atom stereocenters. The van der Waals surface area contributed by atoms with Gasteiger partial charge in [-0.1, -0.05) is 6.07 Å². The summed E-state index contributed by atoms with van der Waals surface area (Å²) in [6, 6.07) is 9.86. The molecule has 4 rings (SSSR count). The van der Waals surface area contributed by atoms with E-state index in [9.17, 15) is 14.7 Å². The second-order valence-electron chi connectivity index (χ2n) is 8.00. The zero-order valence-electron chi connectivity index (χ0n) is 17.9. The fraction of sp³-hybridized carbons (Fsp3) is 0.348. The Labute approximate surface area is 181 Å². The van der Waals surface area contributed by atoms with Crippen LogP contribution in [0, 0.1) is 0 Å². The van der Waals surface area contributed by atoms with Gasteiger partial charge in [0.1, 0.15) is 24.2 Å². The van der Waals surface area contributed by atoms with Gasteiger partial charge < -0.3 is 24.5 Å². The molecule has 1 amide bonds. The minimum atomic E-state index is -0.744. The number of hydrogen-bond acceptors (Lipinski definition) is 7. The molecule has 2 aliphatic heterocycles. The molecule has 1 unspecified atom stereocenters. The Morgan fingerprint density at radius 1 is 1.26 bits per heavy atom. The van der Waals surface area contributed by atoms with Crippen molar-refractivity contribution in [2.75, 3.05) is 52.3 Å². The van der Waals surface area contributed by atoms with Gasteiger partial charge in [-0.2, -0.15) is 0 Å². The van der Waals surface area contributed by atoms with Crippen LogP contribution in [-0.4, -0.2) is 79.0 Å². The first kappa shape index (κ1) is 20.9. The van der Waals surface area contributed by atoms with Gasteiger partial charge in [0.15, 0.2) is 0 Å². The Morgan fingerprint density at radius 3 is 2.77 bits per heavy atom. The molecule has 31 heavy (non-hydrogen) atoms. The van der Waals surface area contributed by atoms with Crippen molar-refractivity contribution in [3.63, 3.8) is 0 Å². The lowest BCUT2D eigenvalue weighted by Crippen LogP contribution is -2.35. The number of likely N-dealkylation sites (N-methyl/N-ethyl adjacent to an activating group) is 2. The van der Waals surface area contributed by atoms with Crippen molar-refractivity contribution in [2.24, 2.45) is 0 Å². The number of Topliss-reactive ketones (excluding diaryl/α,β-unsaturated/α-hetero) is 1. The number of fused-ring (bicyclic) bond motifs is 1. The first-order valence-corrected chi connectivity index (χ1v) is 10.2. The van der Waals surface area contributed by atoms with E-state index in [0.717, 1.165) is 18.0 Å². The first-order chi connectivity index (χ1) is 14.9. The van der Waals surface area contributed by atoms with E-state index >= 15 is 0 Å².